The number of likely N-dealkylation sites (tertiary alicyclic amines) is 1. The summed E-state index contributed by atoms with van der Waals surface area (Å²) in [5.41, 5.74) is -0.506. The fourth-order valence-electron chi connectivity index (χ4n) is 3.52. The Labute approximate surface area is 145 Å². The molecular formula is C17H28ClN2O2S+. The normalized spacial score (nSPS) is 26.2. The number of nitrogens with one attached hydrogen (secondary N) is 2. The van der Waals surface area contributed by atoms with E-state index in [0.29, 0.717) is 17.1 Å². The zero-order valence-electron chi connectivity index (χ0n) is 14.4. The van der Waals surface area contributed by atoms with Gasteiger partial charge in [-0.2, -0.15) is 4.72 Å². The van der Waals surface area contributed by atoms with Crippen LogP contribution in [0.5, 0.6) is 0 Å². The third-order valence-electron chi connectivity index (χ3n) is 4.72. The highest BCUT2D eigenvalue weighted by Gasteiger charge is 2.36. The van der Waals surface area contributed by atoms with E-state index in [9.17, 15) is 8.42 Å². The van der Waals surface area contributed by atoms with Crippen LogP contribution in [0.2, 0.25) is 5.02 Å². The topological polar surface area (TPSA) is 50.6 Å². The molecule has 2 N–H and O–H groups in total. The summed E-state index contributed by atoms with van der Waals surface area (Å²) < 4.78 is 28.1. The van der Waals surface area contributed by atoms with Crippen LogP contribution in [-0.4, -0.2) is 32.6 Å². The Morgan fingerprint density at radius 2 is 1.70 bits per heavy atom. The Morgan fingerprint density at radius 3 is 2.22 bits per heavy atom. The average Bonchev–Trinajstić information content (AvgIpc) is 2.42. The van der Waals surface area contributed by atoms with Gasteiger partial charge in [-0.15, -0.1) is 0 Å². The fourth-order valence-corrected chi connectivity index (χ4v) is 5.06. The summed E-state index contributed by atoms with van der Waals surface area (Å²) in [6.45, 7) is 9.22. The van der Waals surface area contributed by atoms with E-state index in [1.54, 1.807) is 24.3 Å². The Bertz CT molecular complexity index is 618. The standard InChI is InChI=1S/C17H27ClN2O2S/c1-13-6-5-7-14(2)20(13)12-17(3,4)19-23(21,22)16-10-8-15(18)9-11-16/h8-11,13-14,19H,5-7,12H2,1-4H3/p+1/t13-,14+. The van der Waals surface area contributed by atoms with E-state index in [-0.39, 0.29) is 4.90 Å². The van der Waals surface area contributed by atoms with Crippen molar-refractivity contribution in [2.24, 2.45) is 0 Å². The molecule has 1 aromatic carbocycles. The second kappa shape index (κ2) is 7.09. The quantitative estimate of drug-likeness (QED) is 0.847. The largest absolute Gasteiger partial charge is 0.329 e. The first-order chi connectivity index (χ1) is 10.6. The summed E-state index contributed by atoms with van der Waals surface area (Å²) in [7, 11) is -3.54. The van der Waals surface area contributed by atoms with Crippen molar-refractivity contribution in [2.75, 3.05) is 6.54 Å². The van der Waals surface area contributed by atoms with Crippen molar-refractivity contribution in [3.63, 3.8) is 0 Å². The summed E-state index contributed by atoms with van der Waals surface area (Å²) in [5.74, 6) is 0. The Balaban J connectivity index is 2.11. The first kappa shape index (κ1) is 18.7. The molecule has 0 bridgehead atoms. The number of hydrogen-bond donors (Lipinski definition) is 2. The van der Waals surface area contributed by atoms with E-state index in [1.807, 2.05) is 13.8 Å². The average molecular weight is 360 g/mol. The summed E-state index contributed by atoms with van der Waals surface area (Å²) in [6, 6.07) is 7.42. The minimum atomic E-state index is -3.54. The lowest BCUT2D eigenvalue weighted by molar-refractivity contribution is -0.954. The van der Waals surface area contributed by atoms with E-state index >= 15 is 0 Å². The number of sulfonamides is 1. The van der Waals surface area contributed by atoms with Crippen LogP contribution in [0.4, 0.5) is 0 Å². The monoisotopic (exact) mass is 359 g/mol. The molecule has 1 heterocycles. The number of quaternary nitrogens is 1. The summed E-state index contributed by atoms with van der Waals surface area (Å²) in [4.78, 5) is 1.74. The third kappa shape index (κ3) is 4.92. The Kier molecular flexibility index (Phi) is 5.77. The summed E-state index contributed by atoms with van der Waals surface area (Å²) in [6.07, 6.45) is 3.68. The van der Waals surface area contributed by atoms with Gasteiger partial charge in [-0.25, -0.2) is 8.42 Å². The van der Waals surface area contributed by atoms with Crippen LogP contribution in [0.25, 0.3) is 0 Å². The lowest BCUT2D eigenvalue weighted by Gasteiger charge is -2.40. The predicted molar refractivity (Wildman–Crippen MR) is 94.5 cm³/mol. The fraction of sp³-hybridized carbons (Fsp3) is 0.647. The van der Waals surface area contributed by atoms with Gasteiger partial charge in [0.2, 0.25) is 10.0 Å². The highest BCUT2D eigenvalue weighted by Crippen LogP contribution is 2.16. The zero-order valence-corrected chi connectivity index (χ0v) is 16.0. The predicted octanol–water partition coefficient (Wildman–Crippen LogP) is 2.24. The molecule has 1 unspecified atom stereocenters. The highest BCUT2D eigenvalue weighted by atomic mass is 35.5. The number of benzene rings is 1. The molecule has 1 aromatic rings. The molecule has 0 amide bonds. The molecule has 1 saturated heterocycles. The van der Waals surface area contributed by atoms with Crippen LogP contribution >= 0.6 is 11.6 Å². The van der Waals surface area contributed by atoms with Crippen LogP contribution in [0.15, 0.2) is 29.2 Å². The maximum atomic E-state index is 12.6. The van der Waals surface area contributed by atoms with Crippen LogP contribution in [0.1, 0.15) is 47.0 Å². The van der Waals surface area contributed by atoms with E-state index in [0.717, 1.165) is 6.54 Å². The molecule has 6 heteroatoms. The maximum absolute atomic E-state index is 12.6. The molecule has 0 radical (unpaired) electrons. The zero-order chi connectivity index (χ0) is 17.3. The van der Waals surface area contributed by atoms with Gasteiger partial charge in [0.05, 0.1) is 29.1 Å². The van der Waals surface area contributed by atoms with E-state index < -0.39 is 15.6 Å². The number of hydrogen-bond acceptors (Lipinski definition) is 2. The van der Waals surface area contributed by atoms with E-state index in [4.69, 9.17) is 11.6 Å². The molecule has 1 aliphatic heterocycles. The molecule has 0 spiro atoms. The number of piperidine rings is 1. The van der Waals surface area contributed by atoms with Crippen LogP contribution in [-0.2, 0) is 10.0 Å². The van der Waals surface area contributed by atoms with E-state index in [2.05, 4.69) is 18.6 Å². The molecule has 4 nitrogen and oxygen atoms in total. The van der Waals surface area contributed by atoms with Crippen molar-refractivity contribution in [1.29, 1.82) is 0 Å². The molecule has 1 fully saturated rings. The minimum Gasteiger partial charge on any atom is -0.329 e. The SMILES string of the molecule is C[C@@H]1CCC[C@H](C)[NH+]1CC(C)(C)NS(=O)(=O)c1ccc(Cl)cc1. The van der Waals surface area contributed by atoms with E-state index in [1.165, 1.54) is 24.2 Å². The molecule has 0 aromatic heterocycles. The lowest BCUT2D eigenvalue weighted by atomic mass is 9.94. The van der Waals surface area contributed by atoms with Crippen LogP contribution in [0.3, 0.4) is 0 Å². The van der Waals surface area contributed by atoms with Crippen molar-refractivity contribution < 1.29 is 13.3 Å². The van der Waals surface area contributed by atoms with Gasteiger partial charge in [-0.3, -0.25) is 0 Å². The molecule has 130 valence electrons. The molecule has 3 atom stereocenters. The molecule has 0 aliphatic carbocycles. The van der Waals surface area contributed by atoms with Gasteiger partial charge in [-0.1, -0.05) is 11.6 Å². The first-order valence-electron chi connectivity index (χ1n) is 8.26. The second-order valence-corrected chi connectivity index (χ2v) is 9.55. The molecule has 1 aliphatic rings. The van der Waals surface area contributed by atoms with Gasteiger partial charge < -0.3 is 4.90 Å². The second-order valence-electron chi connectivity index (χ2n) is 7.43. The third-order valence-corrected chi connectivity index (χ3v) is 6.69. The smallest absolute Gasteiger partial charge is 0.241 e. The molecular weight excluding hydrogens is 332 g/mol. The summed E-state index contributed by atoms with van der Waals surface area (Å²) in [5, 5.41) is 0.531. The van der Waals surface area contributed by atoms with Crippen molar-refractivity contribution >= 4 is 21.6 Å². The minimum absolute atomic E-state index is 0.254. The van der Waals surface area contributed by atoms with Gasteiger partial charge in [0.25, 0.3) is 0 Å². The van der Waals surface area contributed by atoms with Crippen LogP contribution < -0.4 is 9.62 Å². The Hall–Kier alpha value is -0.620. The lowest BCUT2D eigenvalue weighted by Crippen LogP contribution is -3.21. The van der Waals surface area contributed by atoms with Gasteiger partial charge in [0, 0.05) is 5.02 Å². The number of rotatable bonds is 5. The van der Waals surface area contributed by atoms with Crippen LogP contribution in [0, 0.1) is 0 Å². The van der Waals surface area contributed by atoms with Gasteiger partial charge in [0.1, 0.15) is 0 Å². The molecule has 2 rings (SSSR count). The van der Waals surface area contributed by atoms with Crippen molar-refractivity contribution in [3.05, 3.63) is 29.3 Å². The van der Waals surface area contributed by atoms with Gasteiger partial charge in [-0.05, 0) is 71.2 Å². The highest BCUT2D eigenvalue weighted by molar-refractivity contribution is 7.89. The van der Waals surface area contributed by atoms with Crippen molar-refractivity contribution in [2.45, 2.75) is 69.5 Å². The first-order valence-corrected chi connectivity index (χ1v) is 10.1. The summed E-state index contributed by atoms with van der Waals surface area (Å²) >= 11 is 5.84. The van der Waals surface area contributed by atoms with Crippen molar-refractivity contribution in [3.8, 4) is 0 Å². The Morgan fingerprint density at radius 1 is 1.17 bits per heavy atom. The molecule has 0 saturated carbocycles. The van der Waals surface area contributed by atoms with Crippen molar-refractivity contribution in [1.82, 2.24) is 4.72 Å². The van der Waals surface area contributed by atoms with Gasteiger partial charge in [0.15, 0.2) is 0 Å². The van der Waals surface area contributed by atoms with Gasteiger partial charge >= 0.3 is 0 Å². The molecule has 23 heavy (non-hydrogen) atoms. The maximum Gasteiger partial charge on any atom is 0.241 e. The number of halogens is 1.